The van der Waals surface area contributed by atoms with Crippen molar-refractivity contribution in [2.45, 2.75) is 0 Å². The molecule has 3 heterocycles. The van der Waals surface area contributed by atoms with Crippen LogP contribution in [0.15, 0.2) is 54.3 Å². The zero-order valence-electron chi connectivity index (χ0n) is 12.2. The highest BCUT2D eigenvalue weighted by atomic mass is 32.1. The molecule has 2 N–H and O–H groups in total. The maximum absolute atomic E-state index is 11.1. The van der Waals surface area contributed by atoms with Crippen LogP contribution in [0.4, 0.5) is 10.8 Å². The van der Waals surface area contributed by atoms with E-state index < -0.39 is 5.97 Å². The Kier molecular flexibility index (Phi) is 3.43. The molecule has 0 spiro atoms. The molecule has 0 atom stereocenters. The first-order valence-corrected chi connectivity index (χ1v) is 7.93. The lowest BCUT2D eigenvalue weighted by Gasteiger charge is -2.06. The molecule has 4 rings (SSSR count). The highest BCUT2D eigenvalue weighted by molar-refractivity contribution is 7.13. The molecular formula is C16H11N5O2S. The number of carbonyl (C=O) groups is 1. The number of hydrogen-bond acceptors (Lipinski definition) is 6. The van der Waals surface area contributed by atoms with Gasteiger partial charge in [0.05, 0.1) is 17.5 Å². The van der Waals surface area contributed by atoms with Crippen LogP contribution >= 0.6 is 11.3 Å². The van der Waals surface area contributed by atoms with Gasteiger partial charge in [-0.25, -0.2) is 9.78 Å². The van der Waals surface area contributed by atoms with E-state index in [1.807, 2.05) is 28.7 Å². The zero-order chi connectivity index (χ0) is 16.5. The molecule has 0 radical (unpaired) electrons. The fourth-order valence-electron chi connectivity index (χ4n) is 2.43. The lowest BCUT2D eigenvalue weighted by atomic mass is 10.1. The van der Waals surface area contributed by atoms with Crippen molar-refractivity contribution in [3.05, 3.63) is 59.9 Å². The summed E-state index contributed by atoms with van der Waals surface area (Å²) in [5.74, 6) is -0.967. The van der Waals surface area contributed by atoms with Gasteiger partial charge in [0.2, 0.25) is 5.13 Å². The van der Waals surface area contributed by atoms with Crippen molar-refractivity contribution in [2.24, 2.45) is 0 Å². The zero-order valence-corrected chi connectivity index (χ0v) is 13.1. The molecule has 0 amide bonds. The van der Waals surface area contributed by atoms with Crippen molar-refractivity contribution in [1.82, 2.24) is 19.6 Å². The summed E-state index contributed by atoms with van der Waals surface area (Å²) in [5, 5.41) is 20.7. The molecule has 0 aliphatic heterocycles. The van der Waals surface area contributed by atoms with E-state index in [2.05, 4.69) is 20.5 Å². The Morgan fingerprint density at radius 3 is 2.96 bits per heavy atom. The van der Waals surface area contributed by atoms with Crippen molar-refractivity contribution in [2.75, 3.05) is 5.32 Å². The van der Waals surface area contributed by atoms with E-state index in [4.69, 9.17) is 5.11 Å². The number of pyridine rings is 1. The summed E-state index contributed by atoms with van der Waals surface area (Å²) >= 11 is 1.42. The Bertz CT molecular complexity index is 1030. The van der Waals surface area contributed by atoms with Crippen LogP contribution in [0.5, 0.6) is 0 Å². The number of aromatic carboxylic acids is 1. The van der Waals surface area contributed by atoms with Gasteiger partial charge in [0.15, 0.2) is 0 Å². The maximum Gasteiger partial charge on any atom is 0.335 e. The van der Waals surface area contributed by atoms with Crippen LogP contribution in [0.1, 0.15) is 10.4 Å². The van der Waals surface area contributed by atoms with E-state index >= 15 is 0 Å². The molecule has 0 aliphatic carbocycles. The fourth-order valence-corrected chi connectivity index (χ4v) is 2.90. The minimum absolute atomic E-state index is 0.214. The molecule has 8 heteroatoms. The van der Waals surface area contributed by atoms with E-state index in [0.717, 1.165) is 22.1 Å². The number of fused-ring (bicyclic) bond motifs is 1. The quantitative estimate of drug-likeness (QED) is 0.593. The molecule has 4 aromatic rings. The smallest absolute Gasteiger partial charge is 0.335 e. The van der Waals surface area contributed by atoms with Gasteiger partial charge in [-0.2, -0.15) is 0 Å². The average Bonchev–Trinajstić information content (AvgIpc) is 3.23. The second kappa shape index (κ2) is 5.74. The summed E-state index contributed by atoms with van der Waals surface area (Å²) in [6, 6.07) is 10.9. The van der Waals surface area contributed by atoms with Gasteiger partial charge in [0, 0.05) is 17.4 Å². The van der Waals surface area contributed by atoms with Crippen molar-refractivity contribution in [1.29, 1.82) is 0 Å². The largest absolute Gasteiger partial charge is 0.478 e. The number of carboxylic acids is 1. The molecule has 7 nitrogen and oxygen atoms in total. The summed E-state index contributed by atoms with van der Waals surface area (Å²) in [7, 11) is 0. The second-order valence-electron chi connectivity index (χ2n) is 5.04. The lowest BCUT2D eigenvalue weighted by Crippen LogP contribution is -1.98. The summed E-state index contributed by atoms with van der Waals surface area (Å²) < 4.78 is 1.86. The van der Waals surface area contributed by atoms with Gasteiger partial charge >= 0.3 is 5.97 Å². The Morgan fingerprint density at radius 1 is 1.25 bits per heavy atom. The van der Waals surface area contributed by atoms with Gasteiger partial charge in [-0.1, -0.05) is 23.5 Å². The summed E-state index contributed by atoms with van der Waals surface area (Å²) in [6.45, 7) is 0. The van der Waals surface area contributed by atoms with Gasteiger partial charge in [-0.3, -0.25) is 4.40 Å². The predicted molar refractivity (Wildman–Crippen MR) is 90.8 cm³/mol. The number of anilines is 2. The summed E-state index contributed by atoms with van der Waals surface area (Å²) in [4.78, 5) is 15.4. The van der Waals surface area contributed by atoms with E-state index in [-0.39, 0.29) is 5.56 Å². The van der Waals surface area contributed by atoms with Gasteiger partial charge < -0.3 is 10.4 Å². The minimum atomic E-state index is -0.967. The Balaban J connectivity index is 1.73. The molecule has 0 bridgehead atoms. The van der Waals surface area contributed by atoms with Crippen LogP contribution in [-0.4, -0.2) is 30.7 Å². The first-order valence-electron chi connectivity index (χ1n) is 7.05. The van der Waals surface area contributed by atoms with Gasteiger partial charge in [-0.05, 0) is 24.3 Å². The highest BCUT2D eigenvalue weighted by Crippen LogP contribution is 2.26. The number of hydrogen-bond donors (Lipinski definition) is 2. The average molecular weight is 337 g/mol. The molecule has 1 aromatic carbocycles. The number of carboxylic acid groups (broad SMARTS) is 1. The molecule has 0 fully saturated rings. The van der Waals surface area contributed by atoms with Crippen LogP contribution < -0.4 is 5.32 Å². The highest BCUT2D eigenvalue weighted by Gasteiger charge is 2.10. The molecule has 24 heavy (non-hydrogen) atoms. The Hall–Kier alpha value is -3.26. The first kappa shape index (κ1) is 14.3. The SMILES string of the molecule is O=C(O)c1ccn2c(-c3cccc(Nc4nncs4)c3)cnc2c1. The van der Waals surface area contributed by atoms with Crippen molar-refractivity contribution < 1.29 is 9.90 Å². The van der Waals surface area contributed by atoms with Crippen LogP contribution in [0.25, 0.3) is 16.9 Å². The third-order valence-corrected chi connectivity index (χ3v) is 4.14. The number of imidazole rings is 1. The number of benzene rings is 1. The molecular weight excluding hydrogens is 326 g/mol. The van der Waals surface area contributed by atoms with Crippen molar-refractivity contribution >= 4 is 33.8 Å². The number of rotatable bonds is 4. The summed E-state index contributed by atoms with van der Waals surface area (Å²) in [5.41, 5.74) is 5.19. The van der Waals surface area contributed by atoms with Gasteiger partial charge in [-0.15, -0.1) is 10.2 Å². The van der Waals surface area contributed by atoms with E-state index in [1.165, 1.54) is 11.3 Å². The molecule has 3 aromatic heterocycles. The van der Waals surface area contributed by atoms with Crippen LogP contribution in [0.3, 0.4) is 0 Å². The molecule has 0 unspecified atom stereocenters. The van der Waals surface area contributed by atoms with E-state index in [0.29, 0.717) is 5.65 Å². The number of aromatic nitrogens is 4. The fraction of sp³-hybridized carbons (Fsp3) is 0. The van der Waals surface area contributed by atoms with Crippen LogP contribution in [0.2, 0.25) is 0 Å². The molecule has 0 aliphatic rings. The standard InChI is InChI=1S/C16H11N5O2S/c22-15(23)11-4-5-21-13(8-17-14(21)7-11)10-2-1-3-12(6-10)19-16-20-18-9-24-16/h1-9H,(H,19,20)(H,22,23). The van der Waals surface area contributed by atoms with Gasteiger partial charge in [0.25, 0.3) is 0 Å². The number of nitrogens with one attached hydrogen (secondary N) is 1. The van der Waals surface area contributed by atoms with Gasteiger partial charge in [0.1, 0.15) is 11.2 Å². The Labute approximate surface area is 140 Å². The van der Waals surface area contributed by atoms with Crippen LogP contribution in [-0.2, 0) is 0 Å². The molecule has 118 valence electrons. The van der Waals surface area contributed by atoms with Crippen LogP contribution in [0, 0.1) is 0 Å². The monoisotopic (exact) mass is 337 g/mol. The predicted octanol–water partition coefficient (Wildman–Crippen LogP) is 3.29. The normalized spacial score (nSPS) is 10.8. The van der Waals surface area contributed by atoms with Crippen molar-refractivity contribution in [3.63, 3.8) is 0 Å². The maximum atomic E-state index is 11.1. The van der Waals surface area contributed by atoms with E-state index in [1.54, 1.807) is 30.0 Å². The third kappa shape index (κ3) is 2.59. The third-order valence-electron chi connectivity index (χ3n) is 3.53. The lowest BCUT2D eigenvalue weighted by molar-refractivity contribution is 0.0697. The molecule has 0 saturated heterocycles. The van der Waals surface area contributed by atoms with E-state index in [9.17, 15) is 4.79 Å². The first-order chi connectivity index (χ1) is 11.7. The van der Waals surface area contributed by atoms with Crippen molar-refractivity contribution in [3.8, 4) is 11.3 Å². The second-order valence-corrected chi connectivity index (χ2v) is 5.88. The minimum Gasteiger partial charge on any atom is -0.478 e. The topological polar surface area (TPSA) is 92.4 Å². The molecule has 0 saturated carbocycles. The number of nitrogens with zero attached hydrogens (tertiary/aromatic N) is 4. The summed E-state index contributed by atoms with van der Waals surface area (Å²) in [6.07, 6.45) is 3.44. The Morgan fingerprint density at radius 2 is 2.17 bits per heavy atom.